The van der Waals surface area contributed by atoms with E-state index in [4.69, 9.17) is 4.74 Å². The molecule has 2 aromatic rings. The summed E-state index contributed by atoms with van der Waals surface area (Å²) in [6.07, 6.45) is -0.519. The van der Waals surface area contributed by atoms with E-state index >= 15 is 0 Å². The lowest BCUT2D eigenvalue weighted by atomic mass is 10.0. The molecule has 2 amide bonds. The smallest absolute Gasteiger partial charge is 0.416 e. The summed E-state index contributed by atoms with van der Waals surface area (Å²) < 4.78 is 4.71. The van der Waals surface area contributed by atoms with Gasteiger partial charge in [0.1, 0.15) is 12.7 Å². The first-order valence-electron chi connectivity index (χ1n) is 8.87. The van der Waals surface area contributed by atoms with Gasteiger partial charge in [-0.2, -0.15) is 0 Å². The van der Waals surface area contributed by atoms with E-state index in [0.29, 0.717) is 0 Å². The third-order valence-electron chi connectivity index (χ3n) is 3.80. The van der Waals surface area contributed by atoms with Crippen LogP contribution in [0.15, 0.2) is 54.6 Å². The molecule has 0 spiro atoms. The summed E-state index contributed by atoms with van der Waals surface area (Å²) in [6, 6.07) is 17.6. The van der Waals surface area contributed by atoms with Crippen LogP contribution in [0, 0.1) is 0 Å². The number of hydrogen-bond acceptors (Lipinski definition) is 4. The maximum atomic E-state index is 12.0. The molecular weight excluding hydrogens is 330 g/mol. The van der Waals surface area contributed by atoms with E-state index in [0.717, 1.165) is 21.6 Å². The van der Waals surface area contributed by atoms with E-state index in [1.165, 1.54) is 6.42 Å². The number of rotatable bonds is 4. The average molecular weight is 355 g/mol. The van der Waals surface area contributed by atoms with Crippen molar-refractivity contribution in [1.29, 1.82) is 0 Å². The van der Waals surface area contributed by atoms with Gasteiger partial charge in [0.05, 0.1) is 6.54 Å². The Labute approximate surface area is 154 Å². The lowest BCUT2D eigenvalue weighted by Crippen LogP contribution is -2.40. The molecule has 0 unspecified atom stereocenters. The lowest BCUT2D eigenvalue weighted by molar-refractivity contribution is -0.136. The molecule has 1 aliphatic rings. The predicted molar refractivity (Wildman–Crippen MR) is 101 cm³/mol. The highest BCUT2D eigenvalue weighted by Gasteiger charge is 2.32. The minimum atomic E-state index is -1.25. The molecule has 5 nitrogen and oxygen atoms in total. The van der Waals surface area contributed by atoms with Crippen molar-refractivity contribution in [2.24, 2.45) is 0 Å². The van der Waals surface area contributed by atoms with Gasteiger partial charge >= 0.3 is 6.09 Å². The number of carbonyl (C=O) groups is 2. The normalized spacial score (nSPS) is 14.3. The molecule has 0 radical (unpaired) electrons. The van der Waals surface area contributed by atoms with Crippen molar-refractivity contribution < 1.29 is 19.4 Å². The Balaban J connectivity index is 0.000000758. The Bertz CT molecular complexity index is 713. The molecule has 5 heteroatoms. The third kappa shape index (κ3) is 5.17. The van der Waals surface area contributed by atoms with Gasteiger partial charge in [-0.1, -0.05) is 74.9 Å². The number of cyclic esters (lactones) is 1. The van der Waals surface area contributed by atoms with E-state index < -0.39 is 18.1 Å². The summed E-state index contributed by atoms with van der Waals surface area (Å²) in [5, 5.41) is 10.0. The van der Waals surface area contributed by atoms with Crippen LogP contribution in [0.5, 0.6) is 0 Å². The van der Waals surface area contributed by atoms with Crippen LogP contribution in [-0.4, -0.2) is 41.3 Å². The van der Waals surface area contributed by atoms with Gasteiger partial charge in [-0.15, -0.1) is 0 Å². The fraction of sp³-hybridized carbons (Fsp3) is 0.333. The van der Waals surface area contributed by atoms with E-state index in [1.54, 1.807) is 0 Å². The first kappa shape index (κ1) is 19.7. The number of imide groups is 1. The van der Waals surface area contributed by atoms with Crippen LogP contribution in [0.1, 0.15) is 25.8 Å². The molecule has 26 heavy (non-hydrogen) atoms. The average Bonchev–Trinajstić information content (AvgIpc) is 3.09. The van der Waals surface area contributed by atoms with Crippen molar-refractivity contribution in [2.75, 3.05) is 13.2 Å². The number of ether oxygens (including phenoxy) is 1. The molecule has 1 atom stereocenters. The second kappa shape index (κ2) is 9.73. The Morgan fingerprint density at radius 2 is 1.65 bits per heavy atom. The molecule has 1 fully saturated rings. The largest absolute Gasteiger partial charge is 0.447 e. The van der Waals surface area contributed by atoms with E-state index in [2.05, 4.69) is 13.8 Å². The van der Waals surface area contributed by atoms with Gasteiger partial charge < -0.3 is 9.84 Å². The van der Waals surface area contributed by atoms with E-state index in [1.807, 2.05) is 54.6 Å². The zero-order chi connectivity index (χ0) is 18.9. The zero-order valence-electron chi connectivity index (χ0n) is 15.2. The Morgan fingerprint density at radius 3 is 2.19 bits per heavy atom. The van der Waals surface area contributed by atoms with Crippen LogP contribution in [-0.2, 0) is 16.0 Å². The molecule has 0 aliphatic carbocycles. The van der Waals surface area contributed by atoms with Crippen LogP contribution < -0.4 is 0 Å². The van der Waals surface area contributed by atoms with E-state index in [-0.39, 0.29) is 19.6 Å². The number of carbonyl (C=O) groups excluding carboxylic acids is 2. The van der Waals surface area contributed by atoms with Crippen molar-refractivity contribution in [3.8, 4) is 11.1 Å². The topological polar surface area (TPSA) is 66.8 Å². The number of nitrogens with zero attached hydrogens (tertiary/aromatic N) is 1. The molecule has 0 aromatic heterocycles. The van der Waals surface area contributed by atoms with Gasteiger partial charge in [-0.05, 0) is 16.7 Å². The summed E-state index contributed by atoms with van der Waals surface area (Å²) in [5.41, 5.74) is 3.01. The van der Waals surface area contributed by atoms with Gasteiger partial charge in [0.25, 0.3) is 5.91 Å². The minimum Gasteiger partial charge on any atom is -0.447 e. The zero-order valence-corrected chi connectivity index (χ0v) is 15.2. The monoisotopic (exact) mass is 355 g/mol. The molecule has 0 saturated carbocycles. The molecule has 138 valence electrons. The van der Waals surface area contributed by atoms with Crippen molar-refractivity contribution in [3.05, 3.63) is 60.2 Å². The number of amides is 2. The SMILES string of the molecule is CCC.O=C1OCCN1C(=O)[C@@H](O)Cc1ccc(-c2ccccc2)cc1. The molecule has 3 rings (SSSR count). The van der Waals surface area contributed by atoms with Crippen LogP contribution >= 0.6 is 0 Å². The molecule has 0 bridgehead atoms. The van der Waals surface area contributed by atoms with Gasteiger partial charge in [0, 0.05) is 6.42 Å². The predicted octanol–water partition coefficient (Wildman–Crippen LogP) is 3.65. The standard InChI is InChI=1S/C18H17NO4.C3H8/c20-16(17(21)19-10-11-23-18(19)22)12-13-6-8-15(9-7-13)14-4-2-1-3-5-14;1-3-2/h1-9,16,20H,10-12H2;3H2,1-2H3/t16-;/m0./s1. The third-order valence-corrected chi connectivity index (χ3v) is 3.80. The highest BCUT2D eigenvalue weighted by molar-refractivity contribution is 5.95. The first-order valence-corrected chi connectivity index (χ1v) is 8.87. The van der Waals surface area contributed by atoms with Crippen molar-refractivity contribution >= 4 is 12.0 Å². The summed E-state index contributed by atoms with van der Waals surface area (Å²) in [4.78, 5) is 24.3. The fourth-order valence-electron chi connectivity index (χ4n) is 2.55. The molecule has 2 aromatic carbocycles. The summed E-state index contributed by atoms with van der Waals surface area (Å²) >= 11 is 0. The van der Waals surface area contributed by atoms with Crippen LogP contribution in [0.25, 0.3) is 11.1 Å². The van der Waals surface area contributed by atoms with Crippen molar-refractivity contribution in [1.82, 2.24) is 4.90 Å². The summed E-state index contributed by atoms with van der Waals surface area (Å²) in [5.74, 6) is -0.611. The fourth-order valence-corrected chi connectivity index (χ4v) is 2.55. The van der Waals surface area contributed by atoms with Crippen LogP contribution in [0.4, 0.5) is 4.79 Å². The minimum absolute atomic E-state index is 0.164. The first-order chi connectivity index (χ1) is 12.6. The lowest BCUT2D eigenvalue weighted by Gasteiger charge is -2.16. The summed E-state index contributed by atoms with van der Waals surface area (Å²) in [7, 11) is 0. The molecule has 1 heterocycles. The maximum absolute atomic E-state index is 12.0. The quantitative estimate of drug-likeness (QED) is 0.909. The molecule has 1 N–H and O–H groups in total. The molecular formula is C21H25NO4. The number of aliphatic hydroxyl groups is 1. The van der Waals surface area contributed by atoms with Crippen LogP contribution in [0.3, 0.4) is 0 Å². The Morgan fingerprint density at radius 1 is 1.08 bits per heavy atom. The Kier molecular flexibility index (Phi) is 7.36. The number of hydrogen-bond donors (Lipinski definition) is 1. The second-order valence-electron chi connectivity index (χ2n) is 6.09. The van der Waals surface area contributed by atoms with Gasteiger partial charge in [-0.25, -0.2) is 9.69 Å². The maximum Gasteiger partial charge on any atom is 0.416 e. The highest BCUT2D eigenvalue weighted by atomic mass is 16.6. The number of benzene rings is 2. The molecule has 1 aliphatic heterocycles. The Hall–Kier alpha value is -2.66. The second-order valence-corrected chi connectivity index (χ2v) is 6.09. The summed E-state index contributed by atoms with van der Waals surface area (Å²) in [6.45, 7) is 4.63. The highest BCUT2D eigenvalue weighted by Crippen LogP contribution is 2.20. The molecule has 1 saturated heterocycles. The number of aliphatic hydroxyl groups excluding tert-OH is 1. The van der Waals surface area contributed by atoms with Crippen LogP contribution in [0.2, 0.25) is 0 Å². The van der Waals surface area contributed by atoms with Crippen molar-refractivity contribution in [3.63, 3.8) is 0 Å². The van der Waals surface area contributed by atoms with Gasteiger partial charge in [-0.3, -0.25) is 4.79 Å². The van der Waals surface area contributed by atoms with Crippen molar-refractivity contribution in [2.45, 2.75) is 32.8 Å². The van der Waals surface area contributed by atoms with Gasteiger partial charge in [0.2, 0.25) is 0 Å². The van der Waals surface area contributed by atoms with E-state index in [9.17, 15) is 14.7 Å². The van der Waals surface area contributed by atoms with Gasteiger partial charge in [0.15, 0.2) is 0 Å².